The number of carboxylic acid groups (broad SMARTS) is 1. The normalized spacial score (nSPS) is 12.9. The number of ether oxygens (including phenoxy) is 3. The number of hydrogen-bond donors (Lipinski definition) is 1. The number of hydrogen-bond acceptors (Lipinski definition) is 6. The van der Waals surface area contributed by atoms with Gasteiger partial charge in [0.15, 0.2) is 11.5 Å². The zero-order valence-corrected chi connectivity index (χ0v) is 15.7. The van der Waals surface area contributed by atoms with Crippen LogP contribution in [-0.4, -0.2) is 45.9 Å². The number of carboxylic acids is 1. The van der Waals surface area contributed by atoms with E-state index < -0.39 is 22.5 Å². The molecule has 0 saturated heterocycles. The van der Waals surface area contributed by atoms with Crippen molar-refractivity contribution in [2.45, 2.75) is 4.90 Å². The highest BCUT2D eigenvalue weighted by molar-refractivity contribution is 7.92. The van der Waals surface area contributed by atoms with Gasteiger partial charge in [-0.3, -0.25) is 9.10 Å². The van der Waals surface area contributed by atoms with Crippen LogP contribution in [0.2, 0.25) is 0 Å². The van der Waals surface area contributed by atoms with Gasteiger partial charge in [0.2, 0.25) is 0 Å². The monoisotopic (exact) mass is 405 g/mol. The first-order chi connectivity index (χ1) is 13.4. The predicted octanol–water partition coefficient (Wildman–Crippen LogP) is 2.30. The summed E-state index contributed by atoms with van der Waals surface area (Å²) >= 11 is 0. The second-order valence-electron chi connectivity index (χ2n) is 5.80. The highest BCUT2D eigenvalue weighted by Gasteiger charge is 2.28. The second kappa shape index (κ2) is 8.22. The molecule has 9 heteroatoms. The van der Waals surface area contributed by atoms with Crippen LogP contribution in [0.4, 0.5) is 5.69 Å². The standard InChI is InChI=1S/C19H19NO7S/c1-2-9-25-15-5-3-14(4-6-15)20(13-19(21)22)28(23,24)16-7-8-17-18(12-16)27-11-10-26-17/h2-8,12H,1,9-11,13H2,(H,21,22). The molecule has 0 spiro atoms. The molecule has 0 unspecified atom stereocenters. The van der Waals surface area contributed by atoms with Gasteiger partial charge in [-0.2, -0.15) is 0 Å². The molecule has 0 fully saturated rings. The van der Waals surface area contributed by atoms with E-state index in [0.717, 1.165) is 4.31 Å². The van der Waals surface area contributed by atoms with Crippen LogP contribution < -0.4 is 18.5 Å². The van der Waals surface area contributed by atoms with Crippen LogP contribution in [0.3, 0.4) is 0 Å². The molecule has 8 nitrogen and oxygen atoms in total. The van der Waals surface area contributed by atoms with Crippen LogP contribution in [0.15, 0.2) is 60.0 Å². The number of carbonyl (C=O) groups is 1. The molecule has 0 bridgehead atoms. The topological polar surface area (TPSA) is 102 Å². The molecule has 0 saturated carbocycles. The summed E-state index contributed by atoms with van der Waals surface area (Å²) in [6.07, 6.45) is 1.58. The molecule has 2 aromatic rings. The molecule has 0 aliphatic carbocycles. The first kappa shape index (κ1) is 19.6. The van der Waals surface area contributed by atoms with Gasteiger partial charge in [-0.15, -0.1) is 0 Å². The van der Waals surface area contributed by atoms with Crippen molar-refractivity contribution in [1.29, 1.82) is 0 Å². The number of rotatable bonds is 8. The zero-order valence-electron chi connectivity index (χ0n) is 14.9. The Labute approximate surface area is 162 Å². The quantitative estimate of drug-likeness (QED) is 0.672. The average Bonchev–Trinajstić information content (AvgIpc) is 2.70. The van der Waals surface area contributed by atoms with E-state index in [1.165, 1.54) is 30.3 Å². The maximum absolute atomic E-state index is 13.1. The molecule has 1 aliphatic rings. The van der Waals surface area contributed by atoms with E-state index in [0.29, 0.717) is 37.1 Å². The predicted molar refractivity (Wildman–Crippen MR) is 102 cm³/mol. The molecule has 148 valence electrons. The van der Waals surface area contributed by atoms with Crippen molar-refractivity contribution in [1.82, 2.24) is 0 Å². The lowest BCUT2D eigenvalue weighted by Gasteiger charge is -2.24. The second-order valence-corrected chi connectivity index (χ2v) is 7.67. The van der Waals surface area contributed by atoms with Crippen LogP contribution in [0, 0.1) is 0 Å². The molecule has 1 aliphatic heterocycles. The van der Waals surface area contributed by atoms with Crippen molar-refractivity contribution in [3.8, 4) is 17.2 Å². The Balaban J connectivity index is 1.96. The Morgan fingerprint density at radius 3 is 2.46 bits per heavy atom. The van der Waals surface area contributed by atoms with Gasteiger partial charge in [0.05, 0.1) is 10.6 Å². The molecular formula is C19H19NO7S. The van der Waals surface area contributed by atoms with Gasteiger partial charge in [-0.1, -0.05) is 12.7 Å². The Morgan fingerprint density at radius 1 is 1.14 bits per heavy atom. The lowest BCUT2D eigenvalue weighted by molar-refractivity contribution is -0.135. The summed E-state index contributed by atoms with van der Waals surface area (Å²) < 4.78 is 43.3. The molecule has 1 heterocycles. The number of fused-ring (bicyclic) bond motifs is 1. The summed E-state index contributed by atoms with van der Waals surface area (Å²) in [6.45, 7) is 3.81. The molecule has 0 radical (unpaired) electrons. The Morgan fingerprint density at radius 2 is 1.82 bits per heavy atom. The SMILES string of the molecule is C=CCOc1ccc(N(CC(=O)O)S(=O)(=O)c2ccc3c(c2)OCCO3)cc1. The minimum absolute atomic E-state index is 0.0926. The highest BCUT2D eigenvalue weighted by atomic mass is 32.2. The van der Waals surface area contributed by atoms with Crippen LogP contribution in [0.1, 0.15) is 0 Å². The Hall–Kier alpha value is -3.20. The summed E-state index contributed by atoms with van der Waals surface area (Å²) in [5.41, 5.74) is 0.197. The van der Waals surface area contributed by atoms with Gasteiger partial charge in [-0.25, -0.2) is 8.42 Å². The van der Waals surface area contributed by atoms with Crippen molar-refractivity contribution < 1.29 is 32.5 Å². The molecule has 2 aromatic carbocycles. The van der Waals surface area contributed by atoms with Gasteiger partial charge in [0, 0.05) is 6.07 Å². The highest BCUT2D eigenvalue weighted by Crippen LogP contribution is 2.34. The molecular weight excluding hydrogens is 386 g/mol. The summed E-state index contributed by atoms with van der Waals surface area (Å²) in [6, 6.07) is 10.3. The lowest BCUT2D eigenvalue weighted by Crippen LogP contribution is -2.35. The van der Waals surface area contributed by atoms with Gasteiger partial charge in [0.1, 0.15) is 32.1 Å². The summed E-state index contributed by atoms with van der Waals surface area (Å²) in [4.78, 5) is 11.2. The molecule has 3 rings (SSSR count). The number of sulfonamides is 1. The van der Waals surface area contributed by atoms with E-state index in [2.05, 4.69) is 6.58 Å². The minimum atomic E-state index is -4.15. The number of benzene rings is 2. The van der Waals surface area contributed by atoms with Gasteiger partial charge in [-0.05, 0) is 36.4 Å². The van der Waals surface area contributed by atoms with Crippen molar-refractivity contribution in [2.75, 3.05) is 30.7 Å². The third-order valence-electron chi connectivity index (χ3n) is 3.87. The zero-order chi connectivity index (χ0) is 20.1. The van der Waals surface area contributed by atoms with E-state index >= 15 is 0 Å². The third-order valence-corrected chi connectivity index (χ3v) is 5.64. The molecule has 0 amide bonds. The fourth-order valence-electron chi connectivity index (χ4n) is 2.61. The van der Waals surface area contributed by atoms with E-state index in [4.69, 9.17) is 14.2 Å². The molecule has 28 heavy (non-hydrogen) atoms. The van der Waals surface area contributed by atoms with Gasteiger partial charge >= 0.3 is 5.97 Å². The number of nitrogens with zero attached hydrogens (tertiary/aromatic N) is 1. The minimum Gasteiger partial charge on any atom is -0.490 e. The smallest absolute Gasteiger partial charge is 0.324 e. The summed E-state index contributed by atoms with van der Waals surface area (Å²) in [5.74, 6) is -0.0294. The van der Waals surface area contributed by atoms with Crippen LogP contribution >= 0.6 is 0 Å². The average molecular weight is 405 g/mol. The van der Waals surface area contributed by atoms with Gasteiger partial charge < -0.3 is 19.3 Å². The van der Waals surface area contributed by atoms with Crippen molar-refractivity contribution >= 4 is 21.7 Å². The fraction of sp³-hybridized carbons (Fsp3) is 0.211. The van der Waals surface area contributed by atoms with Gasteiger partial charge in [0.25, 0.3) is 10.0 Å². The van der Waals surface area contributed by atoms with Crippen molar-refractivity contribution in [3.05, 3.63) is 55.1 Å². The first-order valence-corrected chi connectivity index (χ1v) is 9.84. The van der Waals surface area contributed by atoms with Crippen molar-refractivity contribution in [2.24, 2.45) is 0 Å². The van der Waals surface area contributed by atoms with Crippen molar-refractivity contribution in [3.63, 3.8) is 0 Å². The van der Waals surface area contributed by atoms with Crippen LogP contribution in [-0.2, 0) is 14.8 Å². The van der Waals surface area contributed by atoms with Crippen LogP contribution in [0.25, 0.3) is 0 Å². The lowest BCUT2D eigenvalue weighted by atomic mass is 10.3. The largest absolute Gasteiger partial charge is 0.490 e. The molecule has 1 N–H and O–H groups in total. The van der Waals surface area contributed by atoms with E-state index in [1.807, 2.05) is 0 Å². The molecule has 0 aromatic heterocycles. The Kier molecular flexibility index (Phi) is 5.74. The number of anilines is 1. The fourth-order valence-corrected chi connectivity index (χ4v) is 4.04. The Bertz CT molecular complexity index is 970. The maximum Gasteiger partial charge on any atom is 0.324 e. The molecule has 0 atom stereocenters. The number of aliphatic carboxylic acids is 1. The van der Waals surface area contributed by atoms with E-state index in [-0.39, 0.29) is 10.6 Å². The third kappa shape index (κ3) is 4.20. The first-order valence-electron chi connectivity index (χ1n) is 8.40. The van der Waals surface area contributed by atoms with E-state index in [9.17, 15) is 18.3 Å². The van der Waals surface area contributed by atoms with Crippen LogP contribution in [0.5, 0.6) is 17.2 Å². The summed E-state index contributed by atoms with van der Waals surface area (Å²) in [5, 5.41) is 9.23. The summed E-state index contributed by atoms with van der Waals surface area (Å²) in [7, 11) is -4.15. The maximum atomic E-state index is 13.1. The van der Waals surface area contributed by atoms with E-state index in [1.54, 1.807) is 18.2 Å².